The first-order chi connectivity index (χ1) is 11.9. The Morgan fingerprint density at radius 3 is 2.52 bits per heavy atom. The zero-order chi connectivity index (χ0) is 18.3. The van der Waals surface area contributed by atoms with E-state index in [2.05, 4.69) is 12.2 Å². The fourth-order valence-electron chi connectivity index (χ4n) is 2.42. The molecule has 0 aliphatic carbocycles. The molecule has 0 radical (unpaired) electrons. The second-order valence-electron chi connectivity index (χ2n) is 5.72. The summed E-state index contributed by atoms with van der Waals surface area (Å²) in [5, 5.41) is 8.51. The van der Waals surface area contributed by atoms with Crippen LogP contribution in [0.4, 0.5) is 0 Å². The van der Waals surface area contributed by atoms with E-state index in [0.717, 1.165) is 17.9 Å². The average Bonchev–Trinajstić information content (AvgIpc) is 2.60. The Balaban J connectivity index is 1.85. The molecule has 0 aromatic heterocycles. The molecular formula is C18H24N2O4S. The molecule has 2 rings (SSSR count). The molecule has 0 aliphatic heterocycles. The van der Waals surface area contributed by atoms with Crippen molar-refractivity contribution in [1.82, 2.24) is 5.32 Å². The van der Waals surface area contributed by atoms with Gasteiger partial charge in [-0.3, -0.25) is 0 Å². The number of para-hydroxylation sites is 1. The molecule has 1 atom stereocenters. The first-order valence-corrected chi connectivity index (χ1v) is 9.55. The highest BCUT2D eigenvalue weighted by Gasteiger charge is 2.16. The van der Waals surface area contributed by atoms with E-state index in [0.29, 0.717) is 13.2 Å². The van der Waals surface area contributed by atoms with E-state index in [1.807, 2.05) is 30.3 Å². The summed E-state index contributed by atoms with van der Waals surface area (Å²) in [6.45, 7) is 4.07. The molecule has 0 saturated heterocycles. The van der Waals surface area contributed by atoms with Gasteiger partial charge in [-0.25, -0.2) is 13.6 Å². The minimum absolute atomic E-state index is 0.00447. The van der Waals surface area contributed by atoms with E-state index in [9.17, 15) is 8.42 Å². The van der Waals surface area contributed by atoms with E-state index in [4.69, 9.17) is 14.6 Å². The fraction of sp³-hybridized carbons (Fsp3) is 0.333. The van der Waals surface area contributed by atoms with Crippen LogP contribution in [-0.4, -0.2) is 35.2 Å². The standard InChI is InChI=1S/C18H24N2O4S/c1-14(13-20-10-11-24-16-6-4-3-5-7-16)15-8-9-18(25(19,21)22)17(12-15)23-2/h3-9,12,14,20H,10-11,13H2,1-2H3,(H2,19,21,22). The zero-order valence-electron chi connectivity index (χ0n) is 14.4. The smallest absolute Gasteiger partial charge is 0.241 e. The lowest BCUT2D eigenvalue weighted by atomic mass is 10.0. The van der Waals surface area contributed by atoms with Crippen molar-refractivity contribution in [2.45, 2.75) is 17.7 Å². The number of sulfonamides is 1. The summed E-state index contributed by atoms with van der Waals surface area (Å²) >= 11 is 0. The number of primary sulfonamides is 1. The summed E-state index contributed by atoms with van der Waals surface area (Å²) in [6, 6.07) is 14.6. The molecule has 25 heavy (non-hydrogen) atoms. The summed E-state index contributed by atoms with van der Waals surface area (Å²) in [6.07, 6.45) is 0. The molecule has 7 heteroatoms. The van der Waals surface area contributed by atoms with Crippen molar-refractivity contribution < 1.29 is 17.9 Å². The molecule has 0 spiro atoms. The summed E-state index contributed by atoms with van der Waals surface area (Å²) < 4.78 is 33.8. The Labute approximate surface area is 149 Å². The van der Waals surface area contributed by atoms with Gasteiger partial charge in [0.2, 0.25) is 10.0 Å². The predicted molar refractivity (Wildman–Crippen MR) is 97.6 cm³/mol. The Kier molecular flexibility index (Phi) is 6.81. The largest absolute Gasteiger partial charge is 0.495 e. The van der Waals surface area contributed by atoms with E-state index >= 15 is 0 Å². The molecule has 2 aromatic rings. The van der Waals surface area contributed by atoms with E-state index in [1.54, 1.807) is 12.1 Å². The van der Waals surface area contributed by atoms with Crippen molar-refractivity contribution in [1.29, 1.82) is 0 Å². The lowest BCUT2D eigenvalue weighted by molar-refractivity contribution is 0.313. The van der Waals surface area contributed by atoms with Crippen molar-refractivity contribution >= 4 is 10.0 Å². The third kappa shape index (κ3) is 5.74. The van der Waals surface area contributed by atoms with Crippen LogP contribution in [0.2, 0.25) is 0 Å². The van der Waals surface area contributed by atoms with Crippen LogP contribution in [0.15, 0.2) is 53.4 Å². The highest BCUT2D eigenvalue weighted by Crippen LogP contribution is 2.27. The second-order valence-corrected chi connectivity index (χ2v) is 7.25. The monoisotopic (exact) mass is 364 g/mol. The number of ether oxygens (including phenoxy) is 2. The maximum atomic E-state index is 11.5. The van der Waals surface area contributed by atoms with Gasteiger partial charge in [0.15, 0.2) is 0 Å². The summed E-state index contributed by atoms with van der Waals surface area (Å²) in [7, 11) is -2.37. The van der Waals surface area contributed by atoms with Crippen molar-refractivity contribution in [3.8, 4) is 11.5 Å². The van der Waals surface area contributed by atoms with Crippen LogP contribution < -0.4 is 19.9 Å². The Morgan fingerprint density at radius 2 is 1.88 bits per heavy atom. The first-order valence-electron chi connectivity index (χ1n) is 8.01. The molecule has 136 valence electrons. The third-order valence-corrected chi connectivity index (χ3v) is 4.75. The number of nitrogens with two attached hydrogens (primary N) is 1. The maximum absolute atomic E-state index is 11.5. The minimum Gasteiger partial charge on any atom is -0.495 e. The van der Waals surface area contributed by atoms with Gasteiger partial charge in [0, 0.05) is 13.1 Å². The SMILES string of the molecule is COc1cc(C(C)CNCCOc2ccccc2)ccc1S(N)(=O)=O. The van der Waals surface area contributed by atoms with E-state index in [-0.39, 0.29) is 16.6 Å². The van der Waals surface area contributed by atoms with Gasteiger partial charge in [0.05, 0.1) is 7.11 Å². The quantitative estimate of drug-likeness (QED) is 0.665. The molecule has 0 saturated carbocycles. The normalized spacial score (nSPS) is 12.6. The Morgan fingerprint density at radius 1 is 1.16 bits per heavy atom. The lowest BCUT2D eigenvalue weighted by Crippen LogP contribution is -2.25. The molecule has 0 aliphatic rings. The molecule has 0 amide bonds. The van der Waals surface area contributed by atoms with Crippen LogP contribution in [0, 0.1) is 0 Å². The summed E-state index contributed by atoms with van der Waals surface area (Å²) in [5.41, 5.74) is 0.973. The van der Waals surface area contributed by atoms with E-state index < -0.39 is 10.0 Å². The predicted octanol–water partition coefficient (Wildman–Crippen LogP) is 2.11. The van der Waals surface area contributed by atoms with Crippen LogP contribution in [0.25, 0.3) is 0 Å². The van der Waals surface area contributed by atoms with Crippen molar-refractivity contribution in [2.75, 3.05) is 26.8 Å². The number of rotatable bonds is 9. The number of benzene rings is 2. The third-order valence-electron chi connectivity index (χ3n) is 3.80. The topological polar surface area (TPSA) is 90.7 Å². The Bertz CT molecular complexity index is 779. The second kappa shape index (κ2) is 8.84. The van der Waals surface area contributed by atoms with Gasteiger partial charge in [-0.05, 0) is 35.7 Å². The Hall–Kier alpha value is -2.09. The highest BCUT2D eigenvalue weighted by atomic mass is 32.2. The minimum atomic E-state index is -3.80. The number of methoxy groups -OCH3 is 1. The maximum Gasteiger partial charge on any atom is 0.241 e. The number of hydrogen-bond acceptors (Lipinski definition) is 5. The highest BCUT2D eigenvalue weighted by molar-refractivity contribution is 7.89. The molecule has 0 bridgehead atoms. The first kappa shape index (κ1) is 19.2. The van der Waals surface area contributed by atoms with Gasteiger partial charge in [-0.1, -0.05) is 31.2 Å². The molecule has 3 N–H and O–H groups in total. The van der Waals surface area contributed by atoms with Gasteiger partial charge in [-0.15, -0.1) is 0 Å². The molecule has 6 nitrogen and oxygen atoms in total. The number of nitrogens with one attached hydrogen (secondary N) is 1. The van der Waals surface area contributed by atoms with Gasteiger partial charge >= 0.3 is 0 Å². The summed E-state index contributed by atoms with van der Waals surface area (Å²) in [5.74, 6) is 1.29. The average molecular weight is 364 g/mol. The fourth-order valence-corrected chi connectivity index (χ4v) is 3.10. The molecule has 2 aromatic carbocycles. The van der Waals surface area contributed by atoms with Crippen LogP contribution in [0.1, 0.15) is 18.4 Å². The zero-order valence-corrected chi connectivity index (χ0v) is 15.3. The van der Waals surface area contributed by atoms with Gasteiger partial charge in [0.25, 0.3) is 0 Å². The van der Waals surface area contributed by atoms with Gasteiger partial charge in [-0.2, -0.15) is 0 Å². The van der Waals surface area contributed by atoms with Crippen LogP contribution >= 0.6 is 0 Å². The van der Waals surface area contributed by atoms with Gasteiger partial charge in [0.1, 0.15) is 23.0 Å². The lowest BCUT2D eigenvalue weighted by Gasteiger charge is -2.16. The summed E-state index contributed by atoms with van der Waals surface area (Å²) in [4.78, 5) is -0.00447. The van der Waals surface area contributed by atoms with Crippen molar-refractivity contribution in [3.63, 3.8) is 0 Å². The van der Waals surface area contributed by atoms with Crippen molar-refractivity contribution in [3.05, 3.63) is 54.1 Å². The van der Waals surface area contributed by atoms with Crippen molar-refractivity contribution in [2.24, 2.45) is 5.14 Å². The molecule has 0 heterocycles. The van der Waals surface area contributed by atoms with Crippen LogP contribution in [0.5, 0.6) is 11.5 Å². The van der Waals surface area contributed by atoms with E-state index in [1.165, 1.54) is 13.2 Å². The number of hydrogen-bond donors (Lipinski definition) is 2. The molecule has 0 fully saturated rings. The molecular weight excluding hydrogens is 340 g/mol. The van der Waals surface area contributed by atoms with Gasteiger partial charge < -0.3 is 14.8 Å². The van der Waals surface area contributed by atoms with Crippen LogP contribution in [-0.2, 0) is 10.0 Å². The van der Waals surface area contributed by atoms with Crippen LogP contribution in [0.3, 0.4) is 0 Å². The molecule has 1 unspecified atom stereocenters.